The molecule has 0 aliphatic heterocycles. The quantitative estimate of drug-likeness (QED) is 0.122. The highest BCUT2D eigenvalue weighted by molar-refractivity contribution is 6.67. The van der Waals surface area contributed by atoms with Gasteiger partial charge in [0.25, 0.3) is 0 Å². The summed E-state index contributed by atoms with van der Waals surface area (Å²) in [6.45, 7) is 6.08. The maximum atomic E-state index is 13.6. The van der Waals surface area contributed by atoms with Gasteiger partial charge in [-0.25, -0.2) is 9.59 Å². The van der Waals surface area contributed by atoms with Gasteiger partial charge >= 0.3 is 18.2 Å². The minimum atomic E-state index is -1.79. The van der Waals surface area contributed by atoms with Crippen molar-refractivity contribution < 1.29 is 42.8 Å². The molecule has 238 valence electrons. The van der Waals surface area contributed by atoms with Crippen molar-refractivity contribution >= 4 is 53.0 Å². The zero-order valence-corrected chi connectivity index (χ0v) is 27.3. The zero-order valence-electron chi connectivity index (χ0n) is 25.1. The Morgan fingerprint density at radius 3 is 1.81 bits per heavy atom. The monoisotopic (exact) mass is 661 g/mol. The number of nitrogens with zero attached hydrogens (tertiary/aromatic N) is 1. The molecule has 0 N–H and O–H groups in total. The van der Waals surface area contributed by atoms with Crippen molar-refractivity contribution in [2.75, 3.05) is 34.0 Å². The molecule has 0 aliphatic rings. The second-order valence-electron chi connectivity index (χ2n) is 10.4. The number of amides is 1. The summed E-state index contributed by atoms with van der Waals surface area (Å²) in [7, 11) is 3.10. The summed E-state index contributed by atoms with van der Waals surface area (Å²) in [6, 6.07) is 13.6. The summed E-state index contributed by atoms with van der Waals surface area (Å²) in [4.78, 5) is 39.3. The fourth-order valence-corrected chi connectivity index (χ4v) is 4.19. The molecule has 0 aromatic heterocycles. The van der Waals surface area contributed by atoms with Gasteiger partial charge in [-0.05, 0) is 56.2 Å². The Labute approximate surface area is 267 Å². The van der Waals surface area contributed by atoms with Crippen LogP contribution >= 0.6 is 34.8 Å². The molecule has 2 rings (SSSR count). The van der Waals surface area contributed by atoms with Crippen molar-refractivity contribution in [3.8, 4) is 11.5 Å². The number of rotatable bonds is 13. The lowest BCUT2D eigenvalue weighted by Gasteiger charge is -2.35. The summed E-state index contributed by atoms with van der Waals surface area (Å²) >= 11 is 16.9. The third-order valence-electron chi connectivity index (χ3n) is 5.90. The molecule has 0 bridgehead atoms. The second-order valence-corrected chi connectivity index (χ2v) is 12.9. The van der Waals surface area contributed by atoms with E-state index >= 15 is 0 Å². The van der Waals surface area contributed by atoms with E-state index in [9.17, 15) is 14.4 Å². The minimum absolute atomic E-state index is 0.118. The first-order chi connectivity index (χ1) is 20.1. The molecule has 0 saturated heterocycles. The zero-order chi connectivity index (χ0) is 32.2. The molecule has 43 heavy (non-hydrogen) atoms. The van der Waals surface area contributed by atoms with Crippen molar-refractivity contribution in [3.05, 3.63) is 59.7 Å². The van der Waals surface area contributed by atoms with E-state index in [1.165, 1.54) is 11.8 Å². The average molecular weight is 663 g/mol. The van der Waals surface area contributed by atoms with Gasteiger partial charge < -0.3 is 33.3 Å². The molecule has 0 fully saturated rings. The summed E-state index contributed by atoms with van der Waals surface area (Å²) in [5.41, 5.74) is 0.641. The van der Waals surface area contributed by atoms with Crippen LogP contribution in [0.5, 0.6) is 11.5 Å². The smallest absolute Gasteiger partial charge is 0.497 e. The molecule has 2 atom stereocenters. The van der Waals surface area contributed by atoms with Crippen LogP contribution in [-0.2, 0) is 23.7 Å². The molecule has 0 radical (unpaired) electrons. The molecule has 0 aliphatic carbocycles. The lowest BCUT2D eigenvalue weighted by Crippen LogP contribution is -2.41. The van der Waals surface area contributed by atoms with Gasteiger partial charge in [-0.2, -0.15) is 0 Å². The average Bonchev–Trinajstić information content (AvgIpc) is 2.93. The first-order valence-electron chi connectivity index (χ1n) is 13.4. The van der Waals surface area contributed by atoms with Gasteiger partial charge in [-0.15, -0.1) is 0 Å². The Morgan fingerprint density at radius 1 is 0.814 bits per heavy atom. The SMILES string of the molecule is COc1ccc([C@H](CCN(C(=O)OC(C)(C)C)[C@@H](CCOC(=O)OCC(Cl)(Cl)Cl)c2ccc(OC)cc2)OC(C)=O)cc1. The lowest BCUT2D eigenvalue weighted by atomic mass is 10.0. The Hall–Kier alpha value is -3.08. The van der Waals surface area contributed by atoms with E-state index < -0.39 is 46.4 Å². The molecule has 13 heteroatoms. The third kappa shape index (κ3) is 13.4. The number of hydrogen-bond acceptors (Lipinski definition) is 9. The van der Waals surface area contributed by atoms with Crippen LogP contribution in [-0.4, -0.2) is 66.5 Å². The first kappa shape index (κ1) is 36.1. The Morgan fingerprint density at radius 2 is 1.35 bits per heavy atom. The number of esters is 1. The van der Waals surface area contributed by atoms with Crippen molar-refractivity contribution in [1.29, 1.82) is 0 Å². The van der Waals surface area contributed by atoms with Gasteiger partial charge in [-0.1, -0.05) is 59.1 Å². The van der Waals surface area contributed by atoms with E-state index in [0.29, 0.717) is 11.5 Å². The number of carbonyl (C=O) groups excluding carboxylic acids is 3. The van der Waals surface area contributed by atoms with Crippen molar-refractivity contribution in [2.45, 2.75) is 62.1 Å². The molecule has 1 amide bonds. The van der Waals surface area contributed by atoms with Crippen molar-refractivity contribution in [3.63, 3.8) is 0 Å². The molecule has 2 aromatic carbocycles. The highest BCUT2D eigenvalue weighted by Crippen LogP contribution is 2.32. The van der Waals surface area contributed by atoms with E-state index in [-0.39, 0.29) is 26.0 Å². The summed E-state index contributed by atoms with van der Waals surface area (Å²) < 4.78 is 30.2. The van der Waals surface area contributed by atoms with Gasteiger partial charge in [0.15, 0.2) is 0 Å². The summed E-state index contributed by atoms with van der Waals surface area (Å²) in [5.74, 6) is 0.790. The standard InChI is InChI=1S/C30H38Cl3NO9/c1-20(35)42-26(22-9-13-24(39-6)14-10-22)15-17-34(27(36)43-29(2,3)4)25(21-7-11-23(38-5)12-8-21)16-18-40-28(37)41-19-30(31,32)33/h7-14,25-26H,15-19H2,1-6H3/t25-,26-/m0/s1. The first-order valence-corrected chi connectivity index (χ1v) is 14.6. The summed E-state index contributed by atoms with van der Waals surface area (Å²) in [5, 5.41) is 0. The molecule has 0 heterocycles. The van der Waals surface area contributed by atoms with Gasteiger partial charge in [0.2, 0.25) is 3.79 Å². The molecule has 2 aromatic rings. The minimum Gasteiger partial charge on any atom is -0.497 e. The molecule has 0 unspecified atom stereocenters. The predicted molar refractivity (Wildman–Crippen MR) is 163 cm³/mol. The topological polar surface area (TPSA) is 110 Å². The van der Waals surface area contributed by atoms with E-state index in [1.54, 1.807) is 83.5 Å². The largest absolute Gasteiger partial charge is 0.508 e. The summed E-state index contributed by atoms with van der Waals surface area (Å²) in [6.07, 6.45) is -1.90. The Balaban J connectivity index is 2.38. The Bertz CT molecular complexity index is 1180. The number of halogens is 3. The number of benzene rings is 2. The number of methoxy groups -OCH3 is 2. The van der Waals surface area contributed by atoms with Gasteiger partial charge in [-0.3, -0.25) is 4.79 Å². The van der Waals surface area contributed by atoms with Crippen LogP contribution in [0.25, 0.3) is 0 Å². The molecular weight excluding hydrogens is 625 g/mol. The molecule has 0 saturated carbocycles. The van der Waals surface area contributed by atoms with Crippen LogP contribution in [0, 0.1) is 0 Å². The van der Waals surface area contributed by atoms with Crippen LogP contribution in [0.1, 0.15) is 63.8 Å². The van der Waals surface area contributed by atoms with Crippen LogP contribution < -0.4 is 9.47 Å². The van der Waals surface area contributed by atoms with Crippen LogP contribution in [0.2, 0.25) is 0 Å². The number of alkyl halides is 3. The second kappa shape index (κ2) is 16.7. The van der Waals surface area contributed by atoms with Crippen molar-refractivity contribution in [2.24, 2.45) is 0 Å². The van der Waals surface area contributed by atoms with E-state index in [4.69, 9.17) is 63.2 Å². The highest BCUT2D eigenvalue weighted by Gasteiger charge is 2.31. The van der Waals surface area contributed by atoms with E-state index in [0.717, 1.165) is 11.1 Å². The molecule has 0 spiro atoms. The maximum absolute atomic E-state index is 13.6. The lowest BCUT2D eigenvalue weighted by molar-refractivity contribution is -0.147. The van der Waals surface area contributed by atoms with Gasteiger partial charge in [0.1, 0.15) is 29.8 Å². The van der Waals surface area contributed by atoms with Gasteiger partial charge in [0, 0.05) is 26.3 Å². The van der Waals surface area contributed by atoms with E-state index in [2.05, 4.69) is 0 Å². The third-order valence-corrected chi connectivity index (χ3v) is 6.23. The van der Waals surface area contributed by atoms with Crippen molar-refractivity contribution in [1.82, 2.24) is 4.90 Å². The van der Waals surface area contributed by atoms with Crippen LogP contribution in [0.15, 0.2) is 48.5 Å². The predicted octanol–water partition coefficient (Wildman–Crippen LogP) is 7.59. The van der Waals surface area contributed by atoms with Gasteiger partial charge in [0.05, 0.1) is 26.9 Å². The number of carbonyl (C=O) groups is 3. The number of hydrogen-bond donors (Lipinski definition) is 0. The molecule has 10 nitrogen and oxygen atoms in total. The number of ether oxygens (including phenoxy) is 6. The van der Waals surface area contributed by atoms with Crippen LogP contribution in [0.3, 0.4) is 0 Å². The highest BCUT2D eigenvalue weighted by atomic mass is 35.6. The fraction of sp³-hybridized carbons (Fsp3) is 0.500. The maximum Gasteiger partial charge on any atom is 0.508 e. The normalized spacial score (nSPS) is 12.9. The molecular formula is C30H38Cl3NO9. The Kier molecular flexibility index (Phi) is 14.0. The fourth-order valence-electron chi connectivity index (χ4n) is 4.03. The van der Waals surface area contributed by atoms with E-state index in [1.807, 2.05) is 0 Å². The van der Waals surface area contributed by atoms with Crippen LogP contribution in [0.4, 0.5) is 9.59 Å².